The number of hydrogen-bond acceptors (Lipinski definition) is 5. The number of aromatic nitrogens is 5. The van der Waals surface area contributed by atoms with E-state index in [0.717, 1.165) is 23.3 Å². The Morgan fingerprint density at radius 2 is 2.04 bits per heavy atom. The van der Waals surface area contributed by atoms with E-state index in [1.54, 1.807) is 7.05 Å². The Hall–Kier alpha value is -2.42. The van der Waals surface area contributed by atoms with E-state index >= 15 is 0 Å². The van der Waals surface area contributed by atoms with Gasteiger partial charge >= 0.3 is 11.4 Å². The lowest BCUT2D eigenvalue weighted by Gasteiger charge is -2.14. The lowest BCUT2D eigenvalue weighted by Crippen LogP contribution is -2.43. The summed E-state index contributed by atoms with van der Waals surface area (Å²) in [6.07, 6.45) is 3.01. The maximum absolute atomic E-state index is 13.0. The number of rotatable bonds is 3. The van der Waals surface area contributed by atoms with Crippen LogP contribution in [0.15, 0.2) is 20.7 Å². The van der Waals surface area contributed by atoms with Gasteiger partial charge in [0.2, 0.25) is 0 Å². The first-order valence-corrected chi connectivity index (χ1v) is 8.50. The third-order valence-electron chi connectivity index (χ3n) is 4.85. The van der Waals surface area contributed by atoms with Crippen LogP contribution in [-0.4, -0.2) is 23.9 Å². The van der Waals surface area contributed by atoms with Gasteiger partial charge in [0, 0.05) is 11.9 Å². The van der Waals surface area contributed by atoms with Crippen LogP contribution >= 0.6 is 11.3 Å². The third-order valence-corrected chi connectivity index (χ3v) is 6.21. The Morgan fingerprint density at radius 3 is 2.62 bits per heavy atom. The molecule has 0 aromatic carbocycles. The molecule has 4 rings (SSSR count). The molecule has 8 nitrogen and oxygen atoms in total. The summed E-state index contributed by atoms with van der Waals surface area (Å²) in [6, 6.07) is 0. The number of aryl methyl sites for hydroxylation is 2. The van der Waals surface area contributed by atoms with E-state index in [4.69, 9.17) is 0 Å². The van der Waals surface area contributed by atoms with Crippen molar-refractivity contribution >= 4 is 21.6 Å². The molecule has 0 bridgehead atoms. The Morgan fingerprint density at radius 1 is 1.33 bits per heavy atom. The number of fused-ring (bicyclic) bond motifs is 1. The second-order valence-electron chi connectivity index (χ2n) is 6.56. The van der Waals surface area contributed by atoms with E-state index in [1.807, 2.05) is 13.8 Å². The smallest absolute Gasteiger partial charge is 0.295 e. The zero-order valence-corrected chi connectivity index (χ0v) is 14.4. The van der Waals surface area contributed by atoms with Crippen molar-refractivity contribution < 1.29 is 0 Å². The molecule has 1 saturated carbocycles. The lowest BCUT2D eigenvalue weighted by molar-refractivity contribution is 0.477. The van der Waals surface area contributed by atoms with Gasteiger partial charge in [-0.3, -0.25) is 18.9 Å². The highest BCUT2D eigenvalue weighted by Crippen LogP contribution is 2.41. The summed E-state index contributed by atoms with van der Waals surface area (Å²) in [7, 11) is 1.69. The number of H-pyrrole nitrogens is 1. The van der Waals surface area contributed by atoms with Crippen LogP contribution < -0.4 is 16.9 Å². The number of hydrogen-bond donors (Lipinski definition) is 1. The maximum Gasteiger partial charge on any atom is 0.343 e. The van der Waals surface area contributed by atoms with Gasteiger partial charge in [-0.1, -0.05) is 0 Å². The van der Waals surface area contributed by atoms with Crippen LogP contribution in [0.3, 0.4) is 0 Å². The monoisotopic (exact) mass is 347 g/mol. The van der Waals surface area contributed by atoms with Crippen molar-refractivity contribution in [3.8, 4) is 0 Å². The molecule has 0 amide bonds. The van der Waals surface area contributed by atoms with E-state index in [2.05, 4.69) is 10.1 Å². The molecular weight excluding hydrogens is 330 g/mol. The molecule has 126 valence electrons. The fourth-order valence-corrected chi connectivity index (χ4v) is 4.26. The molecule has 0 atom stereocenters. The van der Waals surface area contributed by atoms with Crippen molar-refractivity contribution in [1.82, 2.24) is 23.9 Å². The van der Waals surface area contributed by atoms with Gasteiger partial charge < -0.3 is 0 Å². The summed E-state index contributed by atoms with van der Waals surface area (Å²) >= 11 is 1.36. The van der Waals surface area contributed by atoms with Gasteiger partial charge in [-0.2, -0.15) is 5.10 Å². The van der Waals surface area contributed by atoms with Crippen molar-refractivity contribution in [1.29, 1.82) is 0 Å². The molecule has 9 heteroatoms. The first-order chi connectivity index (χ1) is 11.3. The molecule has 0 aliphatic heterocycles. The van der Waals surface area contributed by atoms with E-state index < -0.39 is 0 Å². The van der Waals surface area contributed by atoms with Crippen LogP contribution in [0.25, 0.3) is 10.2 Å². The fraction of sp³-hybridized carbons (Fsp3) is 0.467. The molecule has 3 aromatic heterocycles. The minimum atomic E-state index is -0.367. The normalized spacial score (nSPS) is 16.0. The van der Waals surface area contributed by atoms with Crippen LogP contribution in [-0.2, 0) is 19.1 Å². The van der Waals surface area contributed by atoms with Gasteiger partial charge in [0.15, 0.2) is 0 Å². The molecular formula is C15H17N5O3S. The molecule has 0 spiro atoms. The van der Waals surface area contributed by atoms with Gasteiger partial charge in [0.05, 0.1) is 17.5 Å². The van der Waals surface area contributed by atoms with Gasteiger partial charge in [0.25, 0.3) is 5.56 Å². The predicted molar refractivity (Wildman–Crippen MR) is 90.9 cm³/mol. The topological polar surface area (TPSA) is 94.7 Å². The highest BCUT2D eigenvalue weighted by Gasteiger charge is 2.42. The summed E-state index contributed by atoms with van der Waals surface area (Å²) in [5.41, 5.74) is -0.375. The molecule has 24 heavy (non-hydrogen) atoms. The standard InChI is InChI=1S/C15H17N5O3S/c1-8-9(6-19-13(22)16-7-17-19)24-12-10(8)11(21)20(14(23)18(12)3)15(2)4-5-15/h7H,4-6H2,1-3H3,(H,16,17,22). The first-order valence-electron chi connectivity index (χ1n) is 7.68. The highest BCUT2D eigenvalue weighted by molar-refractivity contribution is 7.18. The largest absolute Gasteiger partial charge is 0.343 e. The minimum absolute atomic E-state index is 0.234. The Bertz CT molecular complexity index is 1140. The van der Waals surface area contributed by atoms with Crippen LogP contribution in [0.4, 0.5) is 0 Å². The number of nitrogens with zero attached hydrogens (tertiary/aromatic N) is 4. The zero-order valence-electron chi connectivity index (χ0n) is 13.6. The van der Waals surface area contributed by atoms with E-state index in [1.165, 1.54) is 31.5 Å². The first kappa shape index (κ1) is 15.1. The zero-order chi connectivity index (χ0) is 17.2. The highest BCUT2D eigenvalue weighted by atomic mass is 32.1. The number of nitrogens with one attached hydrogen (secondary N) is 1. The molecule has 3 aromatic rings. The summed E-state index contributed by atoms with van der Waals surface area (Å²) in [5.74, 6) is 0. The quantitative estimate of drug-likeness (QED) is 0.747. The predicted octanol–water partition coefficient (Wildman–Crippen LogP) is 0.512. The summed E-state index contributed by atoms with van der Waals surface area (Å²) in [6.45, 7) is 4.07. The summed E-state index contributed by atoms with van der Waals surface area (Å²) < 4.78 is 4.23. The van der Waals surface area contributed by atoms with Crippen molar-refractivity contribution in [2.24, 2.45) is 7.05 Å². The molecule has 0 saturated heterocycles. The molecule has 1 fully saturated rings. The Labute approximate surface area is 140 Å². The van der Waals surface area contributed by atoms with Crippen LogP contribution in [0.5, 0.6) is 0 Å². The third kappa shape index (κ3) is 1.97. The van der Waals surface area contributed by atoms with E-state index in [-0.39, 0.29) is 29.0 Å². The minimum Gasteiger partial charge on any atom is -0.295 e. The second kappa shape index (κ2) is 4.79. The number of thiophene rings is 1. The second-order valence-corrected chi connectivity index (χ2v) is 7.64. The van der Waals surface area contributed by atoms with Crippen LogP contribution in [0.2, 0.25) is 0 Å². The number of aromatic amines is 1. The lowest BCUT2D eigenvalue weighted by atomic mass is 10.2. The Kier molecular flexibility index (Phi) is 3.02. The van der Waals surface area contributed by atoms with Gasteiger partial charge in [-0.25, -0.2) is 14.3 Å². The maximum atomic E-state index is 13.0. The molecule has 0 unspecified atom stereocenters. The molecule has 1 N–H and O–H groups in total. The Balaban J connectivity index is 1.99. The van der Waals surface area contributed by atoms with Gasteiger partial charge in [-0.15, -0.1) is 11.3 Å². The average Bonchev–Trinajstić information content (AvgIpc) is 2.99. The van der Waals surface area contributed by atoms with Crippen LogP contribution in [0, 0.1) is 6.92 Å². The van der Waals surface area contributed by atoms with Crippen molar-refractivity contribution in [3.05, 3.63) is 48.1 Å². The van der Waals surface area contributed by atoms with E-state index in [0.29, 0.717) is 10.2 Å². The SMILES string of the molecule is Cc1c(Cn2nc[nH]c2=O)sc2c1c(=O)n(C1(C)CC1)c(=O)n2C. The fourth-order valence-electron chi connectivity index (χ4n) is 3.03. The van der Waals surface area contributed by atoms with Crippen molar-refractivity contribution in [3.63, 3.8) is 0 Å². The van der Waals surface area contributed by atoms with Crippen molar-refractivity contribution in [2.45, 2.75) is 38.8 Å². The molecule has 1 aliphatic carbocycles. The molecule has 3 heterocycles. The molecule has 0 radical (unpaired) electrons. The van der Waals surface area contributed by atoms with E-state index in [9.17, 15) is 14.4 Å². The van der Waals surface area contributed by atoms with Gasteiger partial charge in [0.1, 0.15) is 11.2 Å². The molecule has 1 aliphatic rings. The summed E-state index contributed by atoms with van der Waals surface area (Å²) in [4.78, 5) is 41.2. The van der Waals surface area contributed by atoms with Gasteiger partial charge in [-0.05, 0) is 32.3 Å². The summed E-state index contributed by atoms with van der Waals surface area (Å²) in [5, 5.41) is 4.52. The van der Waals surface area contributed by atoms with Crippen LogP contribution in [0.1, 0.15) is 30.2 Å². The van der Waals surface area contributed by atoms with Crippen molar-refractivity contribution in [2.75, 3.05) is 0 Å². The average molecular weight is 347 g/mol.